The molecule has 0 amide bonds. The molecule has 2 nitrogen and oxygen atoms in total. The quantitative estimate of drug-likeness (QED) is 0.152. The average molecular weight is 815 g/mol. The van der Waals surface area contributed by atoms with Crippen LogP contribution in [0.25, 0.3) is 63.9 Å². The van der Waals surface area contributed by atoms with Gasteiger partial charge in [-0.1, -0.05) is 169 Å². The number of thiophene rings is 1. The predicted octanol–water partition coefficient (Wildman–Crippen LogP) is 16.7. The lowest BCUT2D eigenvalue weighted by Gasteiger charge is -2.35. The molecule has 0 saturated heterocycles. The van der Waals surface area contributed by atoms with Crippen LogP contribution in [0, 0.1) is 6.92 Å². The summed E-state index contributed by atoms with van der Waals surface area (Å²) in [6.07, 6.45) is 1.75. The van der Waals surface area contributed by atoms with Crippen LogP contribution >= 0.6 is 11.3 Å². The van der Waals surface area contributed by atoms with Gasteiger partial charge in [0.05, 0.1) is 27.0 Å². The minimum Gasteiger partial charge on any atom is -0.341 e. The molecule has 0 spiro atoms. The lowest BCUT2D eigenvalue weighted by molar-refractivity contribution is 0.768. The summed E-state index contributed by atoms with van der Waals surface area (Å²) < 4.78 is 5.06. The number of nitrogens with zero attached hydrogens (tertiary/aromatic N) is 2. The highest BCUT2D eigenvalue weighted by molar-refractivity contribution is 7.26. The van der Waals surface area contributed by atoms with Crippen LogP contribution in [0.4, 0.5) is 17.1 Å². The normalized spacial score (nSPS) is 12.7. The summed E-state index contributed by atoms with van der Waals surface area (Å²) in [7, 11) is 0. The highest BCUT2D eigenvalue weighted by atomic mass is 32.1. The molecule has 0 saturated carbocycles. The van der Waals surface area contributed by atoms with Crippen molar-refractivity contribution in [1.29, 1.82) is 0 Å². The van der Waals surface area contributed by atoms with E-state index in [4.69, 9.17) is 0 Å². The largest absolute Gasteiger partial charge is 0.341 e. The van der Waals surface area contributed by atoms with Crippen molar-refractivity contribution in [3.05, 3.63) is 235 Å². The lowest BCUT2D eigenvalue weighted by Crippen LogP contribution is -2.29. The van der Waals surface area contributed by atoms with Crippen molar-refractivity contribution in [3.8, 4) is 11.1 Å². The van der Waals surface area contributed by atoms with E-state index >= 15 is 0 Å². The molecule has 0 atom stereocenters. The van der Waals surface area contributed by atoms with Crippen LogP contribution in [0.15, 0.2) is 207 Å². The monoisotopic (exact) mass is 814 g/mol. The fourth-order valence-electron chi connectivity index (χ4n) is 10.5. The Bertz CT molecular complexity index is 3460. The Hall–Kier alpha value is -7.20. The summed E-state index contributed by atoms with van der Waals surface area (Å²) in [5, 5.41) is 7.64. The maximum atomic E-state index is 3.36. The van der Waals surface area contributed by atoms with Gasteiger partial charge in [-0.05, 0) is 95.9 Å². The molecular formula is C59H46N2S. The van der Waals surface area contributed by atoms with Gasteiger partial charge in [0, 0.05) is 49.4 Å². The third-order valence-electron chi connectivity index (χ3n) is 12.9. The molecule has 0 bridgehead atoms. The summed E-state index contributed by atoms with van der Waals surface area (Å²) in [5.41, 5.74) is 14.5. The fraction of sp³-hybridized carbons (Fsp3) is 0.0847. The molecule has 0 aliphatic heterocycles. The van der Waals surface area contributed by atoms with E-state index in [9.17, 15) is 0 Å². The predicted molar refractivity (Wildman–Crippen MR) is 268 cm³/mol. The van der Waals surface area contributed by atoms with Crippen LogP contribution in [0.5, 0.6) is 0 Å². The smallest absolute Gasteiger partial charge is 0.0714 e. The van der Waals surface area contributed by atoms with Gasteiger partial charge in [0.25, 0.3) is 0 Å². The number of allylic oxidation sites excluding steroid dienone is 1. The molecule has 0 radical (unpaired) electrons. The number of aryl methyl sites for hydroxylation is 2. The SMILES string of the molecule is C=CC.CCn1c2ccccc2c2ccc(N(c3cc4c(c5ccccc35)-c3ccc(C)cc3C4(c3ccccc3)c3ccccc3)c3cccc4c3sc3ccccc34)cc21. The molecule has 0 fully saturated rings. The topological polar surface area (TPSA) is 8.17 Å². The second-order valence-corrected chi connectivity index (χ2v) is 17.4. The average Bonchev–Trinajstić information content (AvgIpc) is 3.96. The van der Waals surface area contributed by atoms with Crippen LogP contribution < -0.4 is 4.90 Å². The minimum atomic E-state index is -0.550. The number of hydrogen-bond donors (Lipinski definition) is 0. The summed E-state index contributed by atoms with van der Waals surface area (Å²) in [6, 6.07) is 72.9. The summed E-state index contributed by atoms with van der Waals surface area (Å²) in [4.78, 5) is 2.58. The van der Waals surface area contributed by atoms with Gasteiger partial charge in [0.2, 0.25) is 0 Å². The van der Waals surface area contributed by atoms with Crippen LogP contribution in [0.2, 0.25) is 0 Å². The number of aromatic nitrogens is 1. The molecule has 62 heavy (non-hydrogen) atoms. The molecule has 0 N–H and O–H groups in total. The van der Waals surface area contributed by atoms with E-state index in [1.54, 1.807) is 6.08 Å². The standard InChI is InChI=1S/C56H40N2S.C3H6/c1-3-57-49-26-14-12-21-40(49)42-32-30-39(34-51(42)57)58(50-27-16-25-45-43-23-13-15-28-53(43)59-55(45)50)52-35-48-54(44-24-11-10-22-41(44)52)46-31-29-36(2)33-47(46)56(48,37-17-6-4-7-18-37)38-19-8-5-9-20-38;1-3-2/h4-35H,3H2,1-2H3;3H,1H2,2H3. The lowest BCUT2D eigenvalue weighted by atomic mass is 9.67. The van der Waals surface area contributed by atoms with Crippen LogP contribution in [-0.4, -0.2) is 4.57 Å². The van der Waals surface area contributed by atoms with Crippen molar-refractivity contribution in [2.24, 2.45) is 0 Å². The highest BCUT2D eigenvalue weighted by Gasteiger charge is 2.47. The first-order valence-corrected chi connectivity index (χ1v) is 22.5. The second-order valence-electron chi connectivity index (χ2n) is 16.4. The van der Waals surface area contributed by atoms with Gasteiger partial charge in [0.15, 0.2) is 0 Å². The summed E-state index contributed by atoms with van der Waals surface area (Å²) in [6.45, 7) is 10.6. The maximum Gasteiger partial charge on any atom is 0.0714 e. The molecule has 0 unspecified atom stereocenters. The van der Waals surface area contributed by atoms with Crippen molar-refractivity contribution < 1.29 is 0 Å². The molecule has 2 heterocycles. The number of rotatable bonds is 6. The number of benzene rings is 9. The van der Waals surface area contributed by atoms with Crippen molar-refractivity contribution in [2.75, 3.05) is 4.90 Å². The zero-order valence-electron chi connectivity index (χ0n) is 35.3. The molecule has 298 valence electrons. The van der Waals surface area contributed by atoms with E-state index < -0.39 is 5.41 Å². The Labute approximate surface area is 367 Å². The zero-order chi connectivity index (χ0) is 42.0. The van der Waals surface area contributed by atoms with Crippen molar-refractivity contribution in [2.45, 2.75) is 32.7 Å². The number of fused-ring (bicyclic) bond motifs is 11. The Morgan fingerprint density at radius 1 is 0.548 bits per heavy atom. The second kappa shape index (κ2) is 15.1. The van der Waals surface area contributed by atoms with Gasteiger partial charge in [-0.25, -0.2) is 0 Å². The molecule has 1 aliphatic carbocycles. The van der Waals surface area contributed by atoms with E-state index in [0.717, 1.165) is 12.2 Å². The first-order valence-electron chi connectivity index (χ1n) is 21.6. The van der Waals surface area contributed by atoms with E-state index in [1.807, 2.05) is 18.3 Å². The Kier molecular flexibility index (Phi) is 9.17. The van der Waals surface area contributed by atoms with E-state index in [0.29, 0.717) is 0 Å². The Balaban J connectivity index is 0.00000140. The molecule has 11 aromatic rings. The zero-order valence-corrected chi connectivity index (χ0v) is 36.1. The van der Waals surface area contributed by atoms with Gasteiger partial charge < -0.3 is 9.47 Å². The molecular weight excluding hydrogens is 769 g/mol. The fourth-order valence-corrected chi connectivity index (χ4v) is 11.7. The van der Waals surface area contributed by atoms with Gasteiger partial charge in [-0.3, -0.25) is 0 Å². The summed E-state index contributed by atoms with van der Waals surface area (Å²) >= 11 is 1.89. The summed E-state index contributed by atoms with van der Waals surface area (Å²) in [5.74, 6) is 0. The van der Waals surface area contributed by atoms with Gasteiger partial charge >= 0.3 is 0 Å². The minimum absolute atomic E-state index is 0.550. The molecule has 12 rings (SSSR count). The third-order valence-corrected chi connectivity index (χ3v) is 14.1. The van der Waals surface area contributed by atoms with Crippen LogP contribution in [-0.2, 0) is 12.0 Å². The van der Waals surface area contributed by atoms with E-state index in [1.165, 1.54) is 103 Å². The third kappa shape index (κ3) is 5.55. The highest BCUT2D eigenvalue weighted by Crippen LogP contribution is 2.60. The molecule has 3 heteroatoms. The number of hydrogen-bond acceptors (Lipinski definition) is 2. The van der Waals surface area contributed by atoms with E-state index in [2.05, 4.69) is 224 Å². The maximum absolute atomic E-state index is 3.36. The van der Waals surface area contributed by atoms with Crippen molar-refractivity contribution in [3.63, 3.8) is 0 Å². The molecule has 9 aromatic carbocycles. The first-order chi connectivity index (χ1) is 30.6. The van der Waals surface area contributed by atoms with Crippen molar-refractivity contribution in [1.82, 2.24) is 4.57 Å². The van der Waals surface area contributed by atoms with Gasteiger partial charge in [-0.15, -0.1) is 17.9 Å². The molecule has 2 aromatic heterocycles. The van der Waals surface area contributed by atoms with Crippen LogP contribution in [0.3, 0.4) is 0 Å². The Morgan fingerprint density at radius 3 is 1.89 bits per heavy atom. The first kappa shape index (κ1) is 37.8. The van der Waals surface area contributed by atoms with Crippen molar-refractivity contribution >= 4 is 81.1 Å². The van der Waals surface area contributed by atoms with Crippen LogP contribution in [0.1, 0.15) is 41.7 Å². The van der Waals surface area contributed by atoms with Gasteiger partial charge in [0.1, 0.15) is 0 Å². The molecule has 1 aliphatic rings. The Morgan fingerprint density at radius 2 is 1.16 bits per heavy atom. The number of anilines is 3. The number of para-hydroxylation sites is 1. The van der Waals surface area contributed by atoms with E-state index in [-0.39, 0.29) is 0 Å². The van der Waals surface area contributed by atoms with Gasteiger partial charge in [-0.2, -0.15) is 0 Å².